The minimum Gasteiger partial charge on any atom is -0.335 e. The second-order valence-corrected chi connectivity index (χ2v) is 8.90. The van der Waals surface area contributed by atoms with Crippen LogP contribution in [0, 0.1) is 0 Å². The van der Waals surface area contributed by atoms with Crippen LogP contribution in [-0.4, -0.2) is 32.1 Å². The summed E-state index contributed by atoms with van der Waals surface area (Å²) in [6.07, 6.45) is 0. The Morgan fingerprint density at radius 2 is 1.50 bits per heavy atom. The molecule has 0 saturated carbocycles. The SMILES string of the molecule is CC(c1ccc(S(N)(=O)=O)cc1)N(C)C(=O)c1ccc2c(c1)C(=O)c1ccccc1-2. The maximum atomic E-state index is 13.1. The molecule has 1 aliphatic carbocycles. The lowest BCUT2D eigenvalue weighted by atomic mass is 10.0. The number of benzene rings is 3. The molecule has 0 saturated heterocycles. The van der Waals surface area contributed by atoms with E-state index in [0.29, 0.717) is 16.7 Å². The van der Waals surface area contributed by atoms with Crippen LogP contribution < -0.4 is 5.14 Å². The molecule has 0 radical (unpaired) electrons. The number of fused-ring (bicyclic) bond motifs is 3. The normalized spacial score (nSPS) is 13.5. The van der Waals surface area contributed by atoms with Gasteiger partial charge in [-0.25, -0.2) is 13.6 Å². The number of nitrogens with two attached hydrogens (primary N) is 1. The number of hydrogen-bond acceptors (Lipinski definition) is 4. The smallest absolute Gasteiger partial charge is 0.254 e. The van der Waals surface area contributed by atoms with Gasteiger partial charge >= 0.3 is 0 Å². The number of nitrogens with zero attached hydrogens (tertiary/aromatic N) is 1. The number of primary sulfonamides is 1. The highest BCUT2D eigenvalue weighted by molar-refractivity contribution is 7.89. The fraction of sp³-hybridized carbons (Fsp3) is 0.130. The van der Waals surface area contributed by atoms with Crippen molar-refractivity contribution in [2.45, 2.75) is 17.9 Å². The predicted octanol–water partition coefficient (Wildman–Crippen LogP) is 3.38. The van der Waals surface area contributed by atoms with Gasteiger partial charge in [0, 0.05) is 23.7 Å². The first-order valence-corrected chi connectivity index (χ1v) is 10.9. The van der Waals surface area contributed by atoms with Gasteiger partial charge in [-0.15, -0.1) is 0 Å². The van der Waals surface area contributed by atoms with E-state index in [4.69, 9.17) is 5.14 Å². The van der Waals surface area contributed by atoms with E-state index >= 15 is 0 Å². The third-order valence-electron chi connectivity index (χ3n) is 5.57. The fourth-order valence-electron chi connectivity index (χ4n) is 3.70. The zero-order valence-corrected chi connectivity index (χ0v) is 17.3. The van der Waals surface area contributed by atoms with Crippen molar-refractivity contribution in [3.63, 3.8) is 0 Å². The molecule has 7 heteroatoms. The Balaban J connectivity index is 1.60. The van der Waals surface area contributed by atoms with Crippen molar-refractivity contribution >= 4 is 21.7 Å². The molecule has 1 amide bonds. The molecule has 0 fully saturated rings. The Hall–Kier alpha value is -3.29. The Bertz CT molecular complexity index is 1280. The van der Waals surface area contributed by atoms with Gasteiger partial charge in [0.2, 0.25) is 10.0 Å². The van der Waals surface area contributed by atoms with Crippen LogP contribution in [0.3, 0.4) is 0 Å². The van der Waals surface area contributed by atoms with Gasteiger partial charge < -0.3 is 4.90 Å². The van der Waals surface area contributed by atoms with E-state index in [0.717, 1.165) is 16.7 Å². The van der Waals surface area contributed by atoms with Gasteiger partial charge in [0.15, 0.2) is 5.78 Å². The van der Waals surface area contributed by atoms with Gasteiger partial charge in [-0.05, 0) is 47.9 Å². The Morgan fingerprint density at radius 1 is 0.900 bits per heavy atom. The largest absolute Gasteiger partial charge is 0.335 e. The van der Waals surface area contributed by atoms with E-state index in [1.165, 1.54) is 12.1 Å². The monoisotopic (exact) mass is 420 g/mol. The number of hydrogen-bond donors (Lipinski definition) is 1. The van der Waals surface area contributed by atoms with E-state index in [1.807, 2.05) is 31.2 Å². The van der Waals surface area contributed by atoms with Crippen LogP contribution in [0.25, 0.3) is 11.1 Å². The van der Waals surface area contributed by atoms with Crippen molar-refractivity contribution in [1.29, 1.82) is 0 Å². The summed E-state index contributed by atoms with van der Waals surface area (Å²) in [6.45, 7) is 1.85. The predicted molar refractivity (Wildman–Crippen MR) is 114 cm³/mol. The first kappa shape index (κ1) is 20.0. The third-order valence-corrected chi connectivity index (χ3v) is 6.49. The summed E-state index contributed by atoms with van der Waals surface area (Å²) < 4.78 is 22.9. The van der Waals surface area contributed by atoms with E-state index < -0.39 is 10.0 Å². The molecule has 30 heavy (non-hydrogen) atoms. The number of ketones is 1. The van der Waals surface area contributed by atoms with Crippen molar-refractivity contribution in [2.24, 2.45) is 5.14 Å². The number of carbonyl (C=O) groups is 2. The van der Waals surface area contributed by atoms with Gasteiger partial charge in [0.1, 0.15) is 0 Å². The number of carbonyl (C=O) groups excluding carboxylic acids is 2. The number of sulfonamides is 1. The van der Waals surface area contributed by atoms with Crippen molar-refractivity contribution in [3.8, 4) is 11.1 Å². The molecule has 0 aromatic heterocycles. The summed E-state index contributed by atoms with van der Waals surface area (Å²) in [4.78, 5) is 27.4. The minimum absolute atomic E-state index is 0.0177. The van der Waals surface area contributed by atoms with Crippen LogP contribution >= 0.6 is 0 Å². The Labute approximate surface area is 175 Å². The number of rotatable bonds is 4. The number of amides is 1. The summed E-state index contributed by atoms with van der Waals surface area (Å²) in [5.74, 6) is -0.311. The fourth-order valence-corrected chi connectivity index (χ4v) is 4.22. The zero-order valence-electron chi connectivity index (χ0n) is 16.5. The molecule has 0 spiro atoms. The molecule has 4 rings (SSSR count). The standard InChI is InChI=1S/C23H20N2O4S/c1-14(15-7-10-17(11-8-15)30(24,28)29)25(2)23(27)16-9-12-19-18-5-3-4-6-20(18)22(26)21(19)13-16/h3-14H,1-2H3,(H2,24,28,29). The van der Waals surface area contributed by atoms with E-state index in [1.54, 1.807) is 42.3 Å². The van der Waals surface area contributed by atoms with Crippen molar-refractivity contribution in [3.05, 3.63) is 89.0 Å². The average Bonchev–Trinajstić information content (AvgIpc) is 3.03. The first-order chi connectivity index (χ1) is 14.2. The third kappa shape index (κ3) is 3.32. The van der Waals surface area contributed by atoms with Crippen LogP contribution in [0.1, 0.15) is 44.8 Å². The molecule has 152 valence electrons. The molecular weight excluding hydrogens is 400 g/mol. The molecule has 2 N–H and O–H groups in total. The summed E-state index contributed by atoms with van der Waals surface area (Å²) in [5.41, 5.74) is 4.08. The topological polar surface area (TPSA) is 97.5 Å². The summed E-state index contributed by atoms with van der Waals surface area (Å²) in [6, 6.07) is 18.4. The summed E-state index contributed by atoms with van der Waals surface area (Å²) >= 11 is 0. The highest BCUT2D eigenvalue weighted by atomic mass is 32.2. The lowest BCUT2D eigenvalue weighted by Gasteiger charge is -2.26. The molecule has 0 heterocycles. The van der Waals surface area contributed by atoms with E-state index in [2.05, 4.69) is 0 Å². The van der Waals surface area contributed by atoms with Gasteiger partial charge in [0.25, 0.3) is 5.91 Å². The van der Waals surface area contributed by atoms with E-state index in [-0.39, 0.29) is 22.6 Å². The lowest BCUT2D eigenvalue weighted by molar-refractivity contribution is 0.0742. The highest BCUT2D eigenvalue weighted by Crippen LogP contribution is 2.37. The van der Waals surface area contributed by atoms with Crippen LogP contribution in [0.5, 0.6) is 0 Å². The van der Waals surface area contributed by atoms with Gasteiger partial charge in [0.05, 0.1) is 10.9 Å². The summed E-state index contributed by atoms with van der Waals surface area (Å²) in [7, 11) is -2.10. The zero-order chi connectivity index (χ0) is 21.6. The average molecular weight is 420 g/mol. The Kier molecular flexibility index (Phi) is 4.80. The molecule has 1 aliphatic rings. The maximum absolute atomic E-state index is 13.1. The second kappa shape index (κ2) is 7.19. The van der Waals surface area contributed by atoms with Gasteiger partial charge in [-0.3, -0.25) is 9.59 Å². The quantitative estimate of drug-likeness (QED) is 0.547. The lowest BCUT2D eigenvalue weighted by Crippen LogP contribution is -2.29. The van der Waals surface area contributed by atoms with Crippen molar-refractivity contribution < 1.29 is 18.0 Å². The van der Waals surface area contributed by atoms with Gasteiger partial charge in [-0.1, -0.05) is 42.5 Å². The Morgan fingerprint density at radius 3 is 2.13 bits per heavy atom. The maximum Gasteiger partial charge on any atom is 0.254 e. The molecule has 1 unspecified atom stereocenters. The molecule has 1 atom stereocenters. The van der Waals surface area contributed by atoms with Crippen molar-refractivity contribution in [2.75, 3.05) is 7.05 Å². The molecule has 3 aromatic rings. The molecular formula is C23H20N2O4S. The first-order valence-electron chi connectivity index (χ1n) is 9.36. The highest BCUT2D eigenvalue weighted by Gasteiger charge is 2.28. The summed E-state index contributed by atoms with van der Waals surface area (Å²) in [5, 5.41) is 5.13. The second-order valence-electron chi connectivity index (χ2n) is 7.34. The van der Waals surface area contributed by atoms with E-state index in [9.17, 15) is 18.0 Å². The molecule has 6 nitrogen and oxygen atoms in total. The minimum atomic E-state index is -3.77. The van der Waals surface area contributed by atoms with Crippen LogP contribution in [0.15, 0.2) is 71.6 Å². The van der Waals surface area contributed by atoms with Gasteiger partial charge in [-0.2, -0.15) is 0 Å². The molecule has 3 aromatic carbocycles. The van der Waals surface area contributed by atoms with Crippen molar-refractivity contribution in [1.82, 2.24) is 4.90 Å². The van der Waals surface area contributed by atoms with Crippen LogP contribution in [0.2, 0.25) is 0 Å². The molecule has 0 bridgehead atoms. The van der Waals surface area contributed by atoms with Crippen LogP contribution in [0.4, 0.5) is 0 Å². The van der Waals surface area contributed by atoms with Crippen LogP contribution in [-0.2, 0) is 10.0 Å². The molecule has 0 aliphatic heterocycles.